The molecule has 0 radical (unpaired) electrons. The number of carbonyl (C=O) groups excluding carboxylic acids is 1. The van der Waals surface area contributed by atoms with Crippen LogP contribution in [0.25, 0.3) is 0 Å². The van der Waals surface area contributed by atoms with Gasteiger partial charge in [-0.2, -0.15) is 0 Å². The van der Waals surface area contributed by atoms with E-state index >= 15 is 0 Å². The van der Waals surface area contributed by atoms with E-state index in [1.807, 2.05) is 0 Å². The highest BCUT2D eigenvalue weighted by Crippen LogP contribution is 2.48. The van der Waals surface area contributed by atoms with Crippen molar-refractivity contribution in [3.8, 4) is 0 Å². The van der Waals surface area contributed by atoms with Crippen LogP contribution < -0.4 is 11.1 Å². The van der Waals surface area contributed by atoms with E-state index in [0.717, 1.165) is 24.5 Å². The molecule has 1 aliphatic carbocycles. The molecular weight excluding hydrogens is 334 g/mol. The van der Waals surface area contributed by atoms with E-state index in [-0.39, 0.29) is 18.3 Å². The lowest BCUT2D eigenvalue weighted by molar-refractivity contribution is 0.0949. The first-order valence-corrected chi connectivity index (χ1v) is 7.57. The highest BCUT2D eigenvalue weighted by Gasteiger charge is 2.46. The van der Waals surface area contributed by atoms with Crippen molar-refractivity contribution in [2.24, 2.45) is 5.73 Å². The first kappa shape index (κ1) is 18.4. The number of nitrogens with one attached hydrogen (secondary N) is 1. The Morgan fingerprint density at radius 3 is 2.33 bits per heavy atom. The second kappa shape index (κ2) is 7.28. The van der Waals surface area contributed by atoms with Gasteiger partial charge < -0.3 is 11.1 Å². The largest absolute Gasteiger partial charge is 0.351 e. The molecule has 1 amide bonds. The average molecular weight is 353 g/mol. The van der Waals surface area contributed by atoms with Crippen molar-refractivity contribution < 1.29 is 13.6 Å². The van der Waals surface area contributed by atoms with Crippen molar-refractivity contribution in [3.05, 3.63) is 70.8 Å². The van der Waals surface area contributed by atoms with E-state index in [1.165, 1.54) is 12.1 Å². The minimum Gasteiger partial charge on any atom is -0.351 e. The Hall–Kier alpha value is -1.98. The Morgan fingerprint density at radius 2 is 1.79 bits per heavy atom. The van der Waals surface area contributed by atoms with Crippen molar-refractivity contribution in [1.82, 2.24) is 5.32 Å². The lowest BCUT2D eigenvalue weighted by atomic mass is 9.95. The molecule has 0 atom stereocenters. The van der Waals surface area contributed by atoms with Gasteiger partial charge in [0.2, 0.25) is 0 Å². The van der Waals surface area contributed by atoms with E-state index in [0.29, 0.717) is 24.2 Å². The summed E-state index contributed by atoms with van der Waals surface area (Å²) in [6.07, 6.45) is 1.56. The molecule has 3 rings (SSSR count). The van der Waals surface area contributed by atoms with Crippen LogP contribution in [-0.4, -0.2) is 12.5 Å². The summed E-state index contributed by atoms with van der Waals surface area (Å²) >= 11 is 0. The molecule has 24 heavy (non-hydrogen) atoms. The molecule has 128 valence electrons. The Morgan fingerprint density at radius 1 is 1.12 bits per heavy atom. The molecule has 0 bridgehead atoms. The van der Waals surface area contributed by atoms with Gasteiger partial charge in [0.1, 0.15) is 11.6 Å². The van der Waals surface area contributed by atoms with Crippen LogP contribution in [-0.2, 0) is 12.0 Å². The number of hydrogen-bond acceptors (Lipinski definition) is 2. The van der Waals surface area contributed by atoms with Gasteiger partial charge in [-0.15, -0.1) is 12.4 Å². The van der Waals surface area contributed by atoms with Gasteiger partial charge in [-0.1, -0.05) is 18.2 Å². The highest BCUT2D eigenvalue weighted by atomic mass is 35.5. The van der Waals surface area contributed by atoms with Gasteiger partial charge in [-0.05, 0) is 42.2 Å². The molecule has 0 spiro atoms. The molecule has 0 unspecified atom stereocenters. The molecule has 0 aliphatic heterocycles. The fourth-order valence-electron chi connectivity index (χ4n) is 2.76. The van der Waals surface area contributed by atoms with Gasteiger partial charge in [-0.3, -0.25) is 4.79 Å². The maximum Gasteiger partial charge on any atom is 0.251 e. The summed E-state index contributed by atoms with van der Waals surface area (Å²) in [5.74, 6) is -1.35. The summed E-state index contributed by atoms with van der Waals surface area (Å²) < 4.78 is 27.0. The van der Waals surface area contributed by atoms with Crippen LogP contribution in [0.4, 0.5) is 8.78 Å². The van der Waals surface area contributed by atoms with Gasteiger partial charge in [0, 0.05) is 30.1 Å². The fraction of sp³-hybridized carbons (Fsp3) is 0.278. The third kappa shape index (κ3) is 3.74. The molecule has 0 heterocycles. The molecule has 2 aromatic rings. The highest BCUT2D eigenvalue weighted by molar-refractivity contribution is 5.94. The number of hydrogen-bond donors (Lipinski definition) is 2. The van der Waals surface area contributed by atoms with Crippen LogP contribution >= 0.6 is 12.4 Å². The van der Waals surface area contributed by atoms with E-state index in [9.17, 15) is 13.6 Å². The minimum absolute atomic E-state index is 0. The van der Waals surface area contributed by atoms with Gasteiger partial charge in [0.15, 0.2) is 0 Å². The number of carbonyl (C=O) groups is 1. The molecular formula is C18H19ClF2N2O. The van der Waals surface area contributed by atoms with E-state index < -0.39 is 17.0 Å². The van der Waals surface area contributed by atoms with E-state index in [1.54, 1.807) is 24.3 Å². The van der Waals surface area contributed by atoms with Gasteiger partial charge in [0.05, 0.1) is 0 Å². The number of halogens is 3. The first-order valence-electron chi connectivity index (χ1n) is 7.57. The van der Waals surface area contributed by atoms with Crippen molar-refractivity contribution in [3.63, 3.8) is 0 Å². The van der Waals surface area contributed by atoms with Gasteiger partial charge in [-0.25, -0.2) is 8.78 Å². The summed E-state index contributed by atoms with van der Waals surface area (Å²) in [6.45, 7) is 0.766. The molecule has 0 aromatic heterocycles. The normalized spacial score (nSPS) is 14.6. The number of nitrogens with two attached hydrogens (primary N) is 1. The van der Waals surface area contributed by atoms with Crippen LogP contribution in [0, 0.1) is 11.6 Å². The molecule has 2 aromatic carbocycles. The van der Waals surface area contributed by atoms with Gasteiger partial charge >= 0.3 is 0 Å². The van der Waals surface area contributed by atoms with Crippen molar-refractivity contribution >= 4 is 18.3 Å². The van der Waals surface area contributed by atoms with Crippen LogP contribution in [0.5, 0.6) is 0 Å². The molecule has 6 heteroatoms. The fourth-order valence-corrected chi connectivity index (χ4v) is 2.76. The monoisotopic (exact) mass is 352 g/mol. The molecule has 3 N–H and O–H groups in total. The zero-order valence-electron chi connectivity index (χ0n) is 13.0. The predicted octanol–water partition coefficient (Wildman–Crippen LogP) is 3.31. The lowest BCUT2D eigenvalue weighted by Gasteiger charge is -2.17. The quantitative estimate of drug-likeness (QED) is 0.867. The third-order valence-electron chi connectivity index (χ3n) is 4.40. The Bertz CT molecular complexity index is 730. The Kier molecular flexibility index (Phi) is 5.57. The molecule has 0 saturated heterocycles. The smallest absolute Gasteiger partial charge is 0.251 e. The topological polar surface area (TPSA) is 55.1 Å². The maximum atomic E-state index is 14.0. The molecule has 1 aliphatic rings. The SMILES string of the molecule is Cl.NCc1ccc(C(=O)NCC2(c3ccc(F)cc3F)CC2)cc1. The minimum atomic E-state index is -0.592. The van der Waals surface area contributed by atoms with Crippen LogP contribution in [0.3, 0.4) is 0 Å². The van der Waals surface area contributed by atoms with E-state index in [4.69, 9.17) is 5.73 Å². The summed E-state index contributed by atoms with van der Waals surface area (Å²) in [5.41, 5.74) is 7.08. The summed E-state index contributed by atoms with van der Waals surface area (Å²) in [6, 6.07) is 10.7. The summed E-state index contributed by atoms with van der Waals surface area (Å²) in [7, 11) is 0. The summed E-state index contributed by atoms with van der Waals surface area (Å²) in [5, 5.41) is 2.85. The molecule has 3 nitrogen and oxygen atoms in total. The van der Waals surface area contributed by atoms with Crippen LogP contribution in [0.1, 0.15) is 34.3 Å². The van der Waals surface area contributed by atoms with Gasteiger partial charge in [0.25, 0.3) is 5.91 Å². The number of amides is 1. The lowest BCUT2D eigenvalue weighted by Crippen LogP contribution is -2.32. The zero-order valence-corrected chi connectivity index (χ0v) is 13.8. The summed E-state index contributed by atoms with van der Waals surface area (Å²) in [4.78, 5) is 12.2. The van der Waals surface area contributed by atoms with Crippen molar-refractivity contribution in [2.45, 2.75) is 24.8 Å². The predicted molar refractivity (Wildman–Crippen MR) is 91.2 cm³/mol. The van der Waals surface area contributed by atoms with Crippen LogP contribution in [0.2, 0.25) is 0 Å². The number of rotatable bonds is 5. The Labute approximate surface area is 145 Å². The third-order valence-corrected chi connectivity index (χ3v) is 4.40. The van der Waals surface area contributed by atoms with Crippen molar-refractivity contribution in [2.75, 3.05) is 6.54 Å². The maximum absolute atomic E-state index is 14.0. The van der Waals surface area contributed by atoms with Crippen LogP contribution in [0.15, 0.2) is 42.5 Å². The second-order valence-corrected chi connectivity index (χ2v) is 5.99. The van der Waals surface area contributed by atoms with Crippen molar-refractivity contribution in [1.29, 1.82) is 0 Å². The molecule has 1 fully saturated rings. The average Bonchev–Trinajstić information content (AvgIpc) is 3.33. The number of benzene rings is 2. The molecule has 1 saturated carbocycles. The second-order valence-electron chi connectivity index (χ2n) is 5.99. The first-order chi connectivity index (χ1) is 11.0. The Balaban J connectivity index is 0.00000208. The zero-order chi connectivity index (χ0) is 16.4. The van der Waals surface area contributed by atoms with E-state index in [2.05, 4.69) is 5.32 Å². The standard InChI is InChI=1S/C18H18F2N2O.ClH/c19-14-5-6-15(16(20)9-14)18(7-8-18)11-22-17(23)13-3-1-12(10-21)2-4-13;/h1-6,9H,7-8,10-11,21H2,(H,22,23);1H.